The van der Waals surface area contributed by atoms with E-state index in [0.29, 0.717) is 19.0 Å². The van der Waals surface area contributed by atoms with Crippen molar-refractivity contribution in [2.75, 3.05) is 13.1 Å². The minimum Gasteiger partial charge on any atom is -0.392 e. The number of rotatable bonds is 5. The lowest BCUT2D eigenvalue weighted by Gasteiger charge is -2.28. The molecule has 0 aliphatic heterocycles. The fourth-order valence-electron chi connectivity index (χ4n) is 1.95. The third-order valence-electron chi connectivity index (χ3n) is 2.96. The summed E-state index contributed by atoms with van der Waals surface area (Å²) < 4.78 is 0. The Kier molecular flexibility index (Phi) is 5.77. The standard InChI is InChI=1S/C12H24N2O2/c1-9(2)7-14-12(16)8-13-10-5-3-4-6-11(10)15/h9-11,13,15H,3-8H2,1-2H3,(H,14,16). The van der Waals surface area contributed by atoms with Gasteiger partial charge < -0.3 is 15.7 Å². The Morgan fingerprint density at radius 3 is 2.69 bits per heavy atom. The molecule has 4 heteroatoms. The number of carbonyl (C=O) groups is 1. The van der Waals surface area contributed by atoms with E-state index in [1.807, 2.05) is 0 Å². The van der Waals surface area contributed by atoms with E-state index in [1.165, 1.54) is 0 Å². The van der Waals surface area contributed by atoms with E-state index in [9.17, 15) is 9.90 Å². The summed E-state index contributed by atoms with van der Waals surface area (Å²) >= 11 is 0. The van der Waals surface area contributed by atoms with Gasteiger partial charge in [0.1, 0.15) is 0 Å². The lowest BCUT2D eigenvalue weighted by molar-refractivity contribution is -0.120. The normalized spacial score (nSPS) is 25.8. The number of hydrogen-bond donors (Lipinski definition) is 3. The molecule has 0 aromatic carbocycles. The van der Waals surface area contributed by atoms with Crippen molar-refractivity contribution in [3.8, 4) is 0 Å². The van der Waals surface area contributed by atoms with E-state index >= 15 is 0 Å². The molecule has 4 nitrogen and oxygen atoms in total. The van der Waals surface area contributed by atoms with Crippen LogP contribution in [0.4, 0.5) is 0 Å². The number of nitrogens with one attached hydrogen (secondary N) is 2. The number of amides is 1. The fraction of sp³-hybridized carbons (Fsp3) is 0.917. The first-order chi connectivity index (χ1) is 7.59. The lowest BCUT2D eigenvalue weighted by atomic mass is 9.92. The van der Waals surface area contributed by atoms with Gasteiger partial charge in [0.25, 0.3) is 0 Å². The van der Waals surface area contributed by atoms with Gasteiger partial charge in [-0.05, 0) is 18.8 Å². The average molecular weight is 228 g/mol. The minimum atomic E-state index is -0.286. The van der Waals surface area contributed by atoms with Crippen LogP contribution in [0.2, 0.25) is 0 Å². The van der Waals surface area contributed by atoms with Crippen molar-refractivity contribution in [1.29, 1.82) is 0 Å². The van der Waals surface area contributed by atoms with Gasteiger partial charge in [0, 0.05) is 12.6 Å². The highest BCUT2D eigenvalue weighted by Crippen LogP contribution is 2.17. The summed E-state index contributed by atoms with van der Waals surface area (Å²) in [5.74, 6) is 0.496. The molecule has 1 aliphatic carbocycles. The molecule has 1 saturated carbocycles. The smallest absolute Gasteiger partial charge is 0.233 e. The molecule has 2 atom stereocenters. The Bertz CT molecular complexity index is 219. The Morgan fingerprint density at radius 2 is 2.06 bits per heavy atom. The molecule has 16 heavy (non-hydrogen) atoms. The second kappa shape index (κ2) is 6.86. The Balaban J connectivity index is 2.15. The van der Waals surface area contributed by atoms with Crippen LogP contribution in [0.15, 0.2) is 0 Å². The van der Waals surface area contributed by atoms with Crippen LogP contribution in [-0.4, -0.2) is 36.2 Å². The number of carbonyl (C=O) groups excluding carboxylic acids is 1. The Hall–Kier alpha value is -0.610. The van der Waals surface area contributed by atoms with Crippen LogP contribution < -0.4 is 10.6 Å². The molecule has 0 bridgehead atoms. The SMILES string of the molecule is CC(C)CNC(=O)CNC1CCCCC1O. The summed E-state index contributed by atoms with van der Waals surface area (Å²) in [6, 6.07) is 0.0959. The van der Waals surface area contributed by atoms with Crippen LogP contribution >= 0.6 is 0 Å². The van der Waals surface area contributed by atoms with Crippen molar-refractivity contribution >= 4 is 5.91 Å². The molecule has 1 rings (SSSR count). The molecule has 94 valence electrons. The fourth-order valence-corrected chi connectivity index (χ4v) is 1.95. The molecule has 0 aromatic heterocycles. The maximum Gasteiger partial charge on any atom is 0.233 e. The summed E-state index contributed by atoms with van der Waals surface area (Å²) in [5, 5.41) is 15.7. The molecule has 0 saturated heterocycles. The predicted molar refractivity (Wildman–Crippen MR) is 64.1 cm³/mol. The van der Waals surface area contributed by atoms with Crippen LogP contribution in [0.1, 0.15) is 39.5 Å². The van der Waals surface area contributed by atoms with Crippen molar-refractivity contribution < 1.29 is 9.90 Å². The summed E-state index contributed by atoms with van der Waals surface area (Å²) in [5.41, 5.74) is 0. The van der Waals surface area contributed by atoms with E-state index in [1.54, 1.807) is 0 Å². The van der Waals surface area contributed by atoms with Crippen LogP contribution in [-0.2, 0) is 4.79 Å². The van der Waals surface area contributed by atoms with Gasteiger partial charge >= 0.3 is 0 Å². The van der Waals surface area contributed by atoms with Gasteiger partial charge in [0.15, 0.2) is 0 Å². The van der Waals surface area contributed by atoms with Gasteiger partial charge in [0.05, 0.1) is 12.6 Å². The minimum absolute atomic E-state index is 0.0199. The average Bonchev–Trinajstić information content (AvgIpc) is 2.25. The van der Waals surface area contributed by atoms with E-state index < -0.39 is 0 Å². The van der Waals surface area contributed by atoms with Gasteiger partial charge in [-0.15, -0.1) is 0 Å². The second-order valence-corrected chi connectivity index (χ2v) is 5.04. The highest BCUT2D eigenvalue weighted by Gasteiger charge is 2.22. The highest BCUT2D eigenvalue weighted by molar-refractivity contribution is 5.78. The van der Waals surface area contributed by atoms with Crippen LogP contribution in [0.3, 0.4) is 0 Å². The van der Waals surface area contributed by atoms with Crippen LogP contribution in [0.5, 0.6) is 0 Å². The summed E-state index contributed by atoms with van der Waals surface area (Å²) in [7, 11) is 0. The lowest BCUT2D eigenvalue weighted by Crippen LogP contribution is -2.46. The van der Waals surface area contributed by atoms with Gasteiger partial charge in [-0.25, -0.2) is 0 Å². The molecule has 1 amide bonds. The van der Waals surface area contributed by atoms with E-state index in [-0.39, 0.29) is 18.1 Å². The van der Waals surface area contributed by atoms with Crippen molar-refractivity contribution in [2.24, 2.45) is 5.92 Å². The first-order valence-corrected chi connectivity index (χ1v) is 6.27. The largest absolute Gasteiger partial charge is 0.392 e. The highest BCUT2D eigenvalue weighted by atomic mass is 16.3. The first-order valence-electron chi connectivity index (χ1n) is 6.27. The van der Waals surface area contributed by atoms with Gasteiger partial charge in [0.2, 0.25) is 5.91 Å². The quantitative estimate of drug-likeness (QED) is 0.647. The molecule has 1 aliphatic rings. The number of aliphatic hydroxyl groups is 1. The number of hydrogen-bond acceptors (Lipinski definition) is 3. The van der Waals surface area contributed by atoms with E-state index in [0.717, 1.165) is 25.7 Å². The van der Waals surface area contributed by atoms with Gasteiger partial charge in [-0.1, -0.05) is 26.7 Å². The predicted octanol–water partition coefficient (Wildman–Crippen LogP) is 0.652. The molecule has 0 spiro atoms. The third-order valence-corrected chi connectivity index (χ3v) is 2.96. The van der Waals surface area contributed by atoms with Crippen LogP contribution in [0.25, 0.3) is 0 Å². The molecule has 0 radical (unpaired) electrons. The summed E-state index contributed by atoms with van der Waals surface area (Å²) in [6.45, 7) is 5.17. The summed E-state index contributed by atoms with van der Waals surface area (Å²) in [6.07, 6.45) is 3.78. The molecular formula is C12H24N2O2. The molecule has 0 aromatic rings. The molecule has 3 N–H and O–H groups in total. The molecule has 1 fully saturated rings. The third kappa shape index (κ3) is 4.94. The van der Waals surface area contributed by atoms with Crippen molar-refractivity contribution in [1.82, 2.24) is 10.6 Å². The second-order valence-electron chi connectivity index (χ2n) is 5.04. The molecule has 2 unspecified atom stereocenters. The topological polar surface area (TPSA) is 61.4 Å². The Morgan fingerprint density at radius 1 is 1.38 bits per heavy atom. The first kappa shape index (κ1) is 13.5. The van der Waals surface area contributed by atoms with E-state index in [2.05, 4.69) is 24.5 Å². The monoisotopic (exact) mass is 228 g/mol. The van der Waals surface area contributed by atoms with E-state index in [4.69, 9.17) is 0 Å². The zero-order valence-corrected chi connectivity index (χ0v) is 10.3. The molecular weight excluding hydrogens is 204 g/mol. The maximum atomic E-state index is 11.4. The van der Waals surface area contributed by atoms with Crippen LogP contribution in [0, 0.1) is 5.92 Å². The summed E-state index contributed by atoms with van der Waals surface area (Å²) in [4.78, 5) is 11.4. The number of aliphatic hydroxyl groups excluding tert-OH is 1. The maximum absolute atomic E-state index is 11.4. The van der Waals surface area contributed by atoms with Gasteiger partial charge in [-0.3, -0.25) is 4.79 Å². The van der Waals surface area contributed by atoms with Crippen molar-refractivity contribution in [3.05, 3.63) is 0 Å². The van der Waals surface area contributed by atoms with Crippen molar-refractivity contribution in [2.45, 2.75) is 51.7 Å². The Labute approximate surface area is 97.8 Å². The van der Waals surface area contributed by atoms with Crippen molar-refractivity contribution in [3.63, 3.8) is 0 Å². The molecule has 0 heterocycles. The zero-order chi connectivity index (χ0) is 12.0. The zero-order valence-electron chi connectivity index (χ0n) is 10.3. The van der Waals surface area contributed by atoms with Gasteiger partial charge in [-0.2, -0.15) is 0 Å².